The van der Waals surface area contributed by atoms with Crippen LogP contribution in [0.5, 0.6) is 11.5 Å². The Bertz CT molecular complexity index is 1200. The number of aromatic nitrogens is 3. The van der Waals surface area contributed by atoms with Crippen LogP contribution in [0.2, 0.25) is 0 Å². The molecule has 0 N–H and O–H groups in total. The van der Waals surface area contributed by atoms with Gasteiger partial charge in [0.2, 0.25) is 4.96 Å². The van der Waals surface area contributed by atoms with Gasteiger partial charge in [-0.1, -0.05) is 47.7 Å². The zero-order valence-electron chi connectivity index (χ0n) is 14.9. The van der Waals surface area contributed by atoms with Gasteiger partial charge in [-0.05, 0) is 30.7 Å². The topological polar surface area (TPSA) is 65.7 Å². The third-order valence-corrected chi connectivity index (χ3v) is 4.96. The van der Waals surface area contributed by atoms with Crippen LogP contribution in [0, 0.1) is 0 Å². The molecule has 4 aromatic rings. The average molecular weight is 379 g/mol. The molecular formula is C20H17N3O3S. The van der Waals surface area contributed by atoms with Gasteiger partial charge in [0.15, 0.2) is 17.3 Å². The smallest absolute Gasteiger partial charge is 0.291 e. The van der Waals surface area contributed by atoms with E-state index in [0.717, 1.165) is 11.1 Å². The minimum atomic E-state index is -0.183. The predicted octanol–water partition coefficient (Wildman–Crippen LogP) is 2.77. The molecule has 2 aromatic carbocycles. The van der Waals surface area contributed by atoms with E-state index < -0.39 is 0 Å². The highest BCUT2D eigenvalue weighted by molar-refractivity contribution is 7.15. The summed E-state index contributed by atoms with van der Waals surface area (Å²) >= 11 is 1.31. The summed E-state index contributed by atoms with van der Waals surface area (Å²) in [5.74, 6) is 1.85. The molecule has 0 saturated carbocycles. The Morgan fingerprint density at radius 3 is 2.67 bits per heavy atom. The molecule has 0 unspecified atom stereocenters. The quantitative estimate of drug-likeness (QED) is 0.533. The highest BCUT2D eigenvalue weighted by Crippen LogP contribution is 2.28. The Morgan fingerprint density at radius 2 is 1.96 bits per heavy atom. The van der Waals surface area contributed by atoms with E-state index in [-0.39, 0.29) is 5.56 Å². The van der Waals surface area contributed by atoms with Gasteiger partial charge in [-0.25, -0.2) is 0 Å². The highest BCUT2D eigenvalue weighted by Gasteiger charge is 2.12. The number of thiazole rings is 1. The molecule has 0 fully saturated rings. The molecular weight excluding hydrogens is 362 g/mol. The van der Waals surface area contributed by atoms with Gasteiger partial charge in [0.05, 0.1) is 18.2 Å². The van der Waals surface area contributed by atoms with Crippen LogP contribution >= 0.6 is 11.3 Å². The van der Waals surface area contributed by atoms with E-state index in [2.05, 4.69) is 10.1 Å². The van der Waals surface area contributed by atoms with Crippen molar-refractivity contribution in [1.82, 2.24) is 14.6 Å². The Kier molecular flexibility index (Phi) is 4.60. The Balaban J connectivity index is 1.75. The molecule has 0 amide bonds. The molecule has 136 valence electrons. The minimum absolute atomic E-state index is 0.183. The Hall–Kier alpha value is -3.19. The fourth-order valence-electron chi connectivity index (χ4n) is 2.74. The molecule has 0 saturated heterocycles. The van der Waals surface area contributed by atoms with Crippen LogP contribution in [0.15, 0.2) is 53.3 Å². The van der Waals surface area contributed by atoms with Gasteiger partial charge in [-0.3, -0.25) is 4.79 Å². The lowest BCUT2D eigenvalue weighted by Crippen LogP contribution is -2.23. The summed E-state index contributed by atoms with van der Waals surface area (Å²) in [6.45, 7) is 2.48. The molecule has 6 nitrogen and oxygen atoms in total. The summed E-state index contributed by atoms with van der Waals surface area (Å²) in [6, 6.07) is 15.2. The number of methoxy groups -OCH3 is 1. The van der Waals surface area contributed by atoms with Crippen molar-refractivity contribution in [2.75, 3.05) is 13.7 Å². The molecule has 27 heavy (non-hydrogen) atoms. The van der Waals surface area contributed by atoms with Crippen molar-refractivity contribution < 1.29 is 9.47 Å². The third-order valence-electron chi connectivity index (χ3n) is 4.00. The van der Waals surface area contributed by atoms with Gasteiger partial charge in [-0.15, -0.1) is 5.10 Å². The molecule has 7 heteroatoms. The highest BCUT2D eigenvalue weighted by atomic mass is 32.1. The van der Waals surface area contributed by atoms with E-state index in [4.69, 9.17) is 9.47 Å². The SMILES string of the molecule is CCOc1ccc(/C=c2/sc3nc(-c4ccccc4)nn3c2=O)cc1OC. The number of ether oxygens (including phenoxy) is 2. The number of benzene rings is 2. The second-order valence-corrected chi connectivity index (χ2v) is 6.76. The van der Waals surface area contributed by atoms with Crippen molar-refractivity contribution in [2.24, 2.45) is 0 Å². The van der Waals surface area contributed by atoms with Crippen molar-refractivity contribution >= 4 is 22.4 Å². The fourth-order valence-corrected chi connectivity index (χ4v) is 3.65. The number of hydrogen-bond donors (Lipinski definition) is 0. The van der Waals surface area contributed by atoms with Crippen LogP contribution in [-0.4, -0.2) is 28.3 Å². The monoisotopic (exact) mass is 379 g/mol. The normalized spacial score (nSPS) is 11.9. The Morgan fingerprint density at radius 1 is 1.15 bits per heavy atom. The van der Waals surface area contributed by atoms with Crippen molar-refractivity contribution in [3.63, 3.8) is 0 Å². The summed E-state index contributed by atoms with van der Waals surface area (Å²) in [5.41, 5.74) is 1.55. The van der Waals surface area contributed by atoms with E-state index in [0.29, 0.717) is 33.4 Å². The van der Waals surface area contributed by atoms with Gasteiger partial charge in [0, 0.05) is 5.56 Å². The van der Waals surface area contributed by atoms with Crippen molar-refractivity contribution in [2.45, 2.75) is 6.92 Å². The van der Waals surface area contributed by atoms with Crippen molar-refractivity contribution in [3.05, 3.63) is 69.0 Å². The lowest BCUT2D eigenvalue weighted by Gasteiger charge is -2.09. The first-order valence-electron chi connectivity index (χ1n) is 8.47. The van der Waals surface area contributed by atoms with Gasteiger partial charge < -0.3 is 9.47 Å². The predicted molar refractivity (Wildman–Crippen MR) is 106 cm³/mol. The first-order chi connectivity index (χ1) is 13.2. The van der Waals surface area contributed by atoms with E-state index >= 15 is 0 Å². The second kappa shape index (κ2) is 7.20. The number of nitrogens with zero attached hydrogens (tertiary/aromatic N) is 3. The lowest BCUT2D eigenvalue weighted by atomic mass is 10.2. The first kappa shape index (κ1) is 17.2. The summed E-state index contributed by atoms with van der Waals surface area (Å²) in [6.07, 6.45) is 1.81. The van der Waals surface area contributed by atoms with Gasteiger partial charge >= 0.3 is 0 Å². The number of fused-ring (bicyclic) bond motifs is 1. The molecule has 0 aliphatic carbocycles. The molecule has 0 aliphatic rings. The number of rotatable bonds is 5. The second-order valence-electron chi connectivity index (χ2n) is 5.75. The van der Waals surface area contributed by atoms with Gasteiger partial charge in [0.1, 0.15) is 0 Å². The van der Waals surface area contributed by atoms with Crippen LogP contribution in [0.4, 0.5) is 0 Å². The van der Waals surface area contributed by atoms with Gasteiger partial charge in [-0.2, -0.15) is 9.50 Å². The fraction of sp³-hybridized carbons (Fsp3) is 0.150. The summed E-state index contributed by atoms with van der Waals surface area (Å²) in [7, 11) is 1.59. The maximum absolute atomic E-state index is 12.7. The lowest BCUT2D eigenvalue weighted by molar-refractivity contribution is 0.311. The third kappa shape index (κ3) is 3.29. The molecule has 0 aliphatic heterocycles. The van der Waals surface area contributed by atoms with Crippen LogP contribution in [-0.2, 0) is 0 Å². The van der Waals surface area contributed by atoms with Crippen molar-refractivity contribution in [3.8, 4) is 22.9 Å². The summed E-state index contributed by atoms with van der Waals surface area (Å²) in [5, 5.41) is 4.36. The van der Waals surface area contributed by atoms with Gasteiger partial charge in [0.25, 0.3) is 5.56 Å². The molecule has 4 rings (SSSR count). The molecule has 0 atom stereocenters. The summed E-state index contributed by atoms with van der Waals surface area (Å²) < 4.78 is 12.8. The standard InChI is InChI=1S/C20H17N3O3S/c1-3-26-15-10-9-13(11-16(15)25-2)12-17-19(24)23-20(27-17)21-18(22-23)14-7-5-4-6-8-14/h4-12H,3H2,1-2H3/b17-12+. The van der Waals surface area contributed by atoms with Crippen LogP contribution in [0.1, 0.15) is 12.5 Å². The van der Waals surface area contributed by atoms with E-state index in [1.54, 1.807) is 7.11 Å². The molecule has 2 heterocycles. The first-order valence-corrected chi connectivity index (χ1v) is 9.29. The zero-order chi connectivity index (χ0) is 18.8. The maximum Gasteiger partial charge on any atom is 0.291 e. The summed E-state index contributed by atoms with van der Waals surface area (Å²) in [4.78, 5) is 17.7. The Labute approximate surface area is 159 Å². The van der Waals surface area contributed by atoms with E-state index in [1.807, 2.05) is 61.5 Å². The largest absolute Gasteiger partial charge is 0.493 e. The molecule has 0 spiro atoms. The molecule has 2 aromatic heterocycles. The van der Waals surface area contributed by atoms with Crippen molar-refractivity contribution in [1.29, 1.82) is 0 Å². The minimum Gasteiger partial charge on any atom is -0.493 e. The van der Waals surface area contributed by atoms with Crippen LogP contribution in [0.25, 0.3) is 22.4 Å². The maximum atomic E-state index is 12.7. The van der Waals surface area contributed by atoms with Crippen LogP contribution in [0.3, 0.4) is 0 Å². The van der Waals surface area contributed by atoms with Crippen LogP contribution < -0.4 is 19.6 Å². The molecule has 0 bridgehead atoms. The zero-order valence-corrected chi connectivity index (χ0v) is 15.7. The van der Waals surface area contributed by atoms with E-state index in [1.165, 1.54) is 15.9 Å². The number of hydrogen-bond acceptors (Lipinski definition) is 6. The average Bonchev–Trinajstić information content (AvgIpc) is 3.24. The van der Waals surface area contributed by atoms with E-state index in [9.17, 15) is 4.79 Å². The molecule has 0 radical (unpaired) electrons.